The Morgan fingerprint density at radius 1 is 1.31 bits per heavy atom. The van der Waals surface area contributed by atoms with E-state index in [1.807, 2.05) is 32.9 Å². The van der Waals surface area contributed by atoms with Crippen LogP contribution in [0.1, 0.15) is 50.7 Å². The van der Waals surface area contributed by atoms with Crippen LogP contribution in [-0.4, -0.2) is 4.92 Å². The lowest BCUT2D eigenvalue weighted by Gasteiger charge is -2.19. The van der Waals surface area contributed by atoms with E-state index in [1.54, 1.807) is 6.07 Å². The molecular weight excluding hydrogens is 202 g/mol. The highest BCUT2D eigenvalue weighted by Gasteiger charge is 2.29. The fourth-order valence-corrected chi connectivity index (χ4v) is 2.00. The molecule has 1 aliphatic rings. The summed E-state index contributed by atoms with van der Waals surface area (Å²) in [6.07, 6.45) is 2.35. The first-order chi connectivity index (χ1) is 7.39. The van der Waals surface area contributed by atoms with E-state index in [-0.39, 0.29) is 16.0 Å². The van der Waals surface area contributed by atoms with Gasteiger partial charge in [-0.05, 0) is 29.7 Å². The van der Waals surface area contributed by atoms with Crippen molar-refractivity contribution in [2.45, 2.75) is 44.9 Å². The van der Waals surface area contributed by atoms with Crippen molar-refractivity contribution in [1.82, 2.24) is 0 Å². The van der Waals surface area contributed by atoms with Crippen LogP contribution in [0, 0.1) is 10.1 Å². The monoisotopic (exact) mass is 219 g/mol. The molecule has 1 saturated carbocycles. The van der Waals surface area contributed by atoms with Crippen LogP contribution in [-0.2, 0) is 5.41 Å². The summed E-state index contributed by atoms with van der Waals surface area (Å²) in [5.41, 5.74) is 2.04. The lowest BCUT2D eigenvalue weighted by Crippen LogP contribution is -2.14. The Kier molecular flexibility index (Phi) is 2.49. The van der Waals surface area contributed by atoms with Gasteiger partial charge in [0, 0.05) is 11.6 Å². The summed E-state index contributed by atoms with van der Waals surface area (Å²) >= 11 is 0. The summed E-state index contributed by atoms with van der Waals surface area (Å²) in [7, 11) is 0. The Morgan fingerprint density at radius 3 is 2.38 bits per heavy atom. The number of benzene rings is 1. The fourth-order valence-electron chi connectivity index (χ4n) is 2.00. The molecule has 1 aliphatic carbocycles. The molecule has 0 atom stereocenters. The van der Waals surface area contributed by atoms with Crippen molar-refractivity contribution in [3.8, 4) is 0 Å². The maximum absolute atomic E-state index is 11.1. The molecule has 0 aromatic heterocycles. The molecule has 0 amide bonds. The molecule has 0 bridgehead atoms. The predicted molar refractivity (Wildman–Crippen MR) is 63.8 cm³/mol. The highest BCUT2D eigenvalue weighted by molar-refractivity contribution is 5.48. The normalized spacial score (nSPS) is 16.2. The van der Waals surface area contributed by atoms with Crippen molar-refractivity contribution in [2.24, 2.45) is 0 Å². The molecule has 0 saturated heterocycles. The van der Waals surface area contributed by atoms with Gasteiger partial charge in [0.15, 0.2) is 0 Å². The maximum atomic E-state index is 11.1. The molecule has 0 spiro atoms. The third kappa shape index (κ3) is 2.08. The van der Waals surface area contributed by atoms with Crippen LogP contribution in [0.3, 0.4) is 0 Å². The van der Waals surface area contributed by atoms with E-state index in [9.17, 15) is 10.1 Å². The molecule has 3 heteroatoms. The molecule has 2 rings (SSSR count). The van der Waals surface area contributed by atoms with E-state index in [4.69, 9.17) is 0 Å². The molecule has 0 N–H and O–H groups in total. The molecule has 0 radical (unpaired) electrons. The fraction of sp³-hybridized carbons (Fsp3) is 0.538. The third-order valence-electron chi connectivity index (χ3n) is 3.08. The number of nitro groups is 1. The highest BCUT2D eigenvalue weighted by Crippen LogP contribution is 2.42. The largest absolute Gasteiger partial charge is 0.273 e. The van der Waals surface area contributed by atoms with Gasteiger partial charge >= 0.3 is 0 Å². The number of hydrogen-bond donors (Lipinski definition) is 0. The van der Waals surface area contributed by atoms with Gasteiger partial charge in [-0.2, -0.15) is 0 Å². The number of nitrogens with zero attached hydrogens (tertiary/aromatic N) is 1. The van der Waals surface area contributed by atoms with Crippen LogP contribution < -0.4 is 0 Å². The zero-order valence-corrected chi connectivity index (χ0v) is 9.99. The summed E-state index contributed by atoms with van der Waals surface area (Å²) < 4.78 is 0. The molecule has 86 valence electrons. The number of rotatable bonds is 2. The second-order valence-electron chi connectivity index (χ2n) is 5.56. The lowest BCUT2D eigenvalue weighted by atomic mass is 9.85. The zero-order valence-electron chi connectivity index (χ0n) is 9.99. The lowest BCUT2D eigenvalue weighted by molar-refractivity contribution is -0.386. The molecule has 0 heterocycles. The van der Waals surface area contributed by atoms with Gasteiger partial charge in [-0.1, -0.05) is 32.9 Å². The summed E-state index contributed by atoms with van der Waals surface area (Å²) in [4.78, 5) is 10.8. The Bertz CT molecular complexity index is 428. The second-order valence-corrected chi connectivity index (χ2v) is 5.56. The van der Waals surface area contributed by atoms with E-state index in [2.05, 4.69) is 0 Å². The van der Waals surface area contributed by atoms with Gasteiger partial charge in [-0.25, -0.2) is 0 Å². The van der Waals surface area contributed by atoms with E-state index < -0.39 is 0 Å². The van der Waals surface area contributed by atoms with Gasteiger partial charge < -0.3 is 0 Å². The van der Waals surface area contributed by atoms with E-state index in [1.165, 1.54) is 12.8 Å². The Labute approximate surface area is 95.6 Å². The van der Waals surface area contributed by atoms with Gasteiger partial charge in [-0.15, -0.1) is 0 Å². The first-order valence-corrected chi connectivity index (χ1v) is 5.68. The molecule has 1 fully saturated rings. The molecule has 3 nitrogen and oxygen atoms in total. The van der Waals surface area contributed by atoms with Crippen molar-refractivity contribution < 1.29 is 4.92 Å². The molecular formula is C13H17NO2. The SMILES string of the molecule is CC(C)(C)c1ccc(C2CC2)cc1[N+](=O)[O-]. The van der Waals surface area contributed by atoms with Crippen molar-refractivity contribution in [1.29, 1.82) is 0 Å². The van der Waals surface area contributed by atoms with E-state index >= 15 is 0 Å². The van der Waals surface area contributed by atoms with Crippen LogP contribution >= 0.6 is 0 Å². The topological polar surface area (TPSA) is 43.1 Å². The Balaban J connectivity index is 2.49. The molecule has 0 aliphatic heterocycles. The Hall–Kier alpha value is -1.38. The summed E-state index contributed by atoms with van der Waals surface area (Å²) in [5.74, 6) is 0.563. The maximum Gasteiger partial charge on any atom is 0.273 e. The smallest absolute Gasteiger partial charge is 0.258 e. The van der Waals surface area contributed by atoms with E-state index in [0.29, 0.717) is 5.92 Å². The van der Waals surface area contributed by atoms with Crippen LogP contribution in [0.15, 0.2) is 18.2 Å². The molecule has 16 heavy (non-hydrogen) atoms. The van der Waals surface area contributed by atoms with Gasteiger partial charge in [0.25, 0.3) is 5.69 Å². The summed E-state index contributed by atoms with van der Waals surface area (Å²) in [6.45, 7) is 6.02. The number of hydrogen-bond acceptors (Lipinski definition) is 2. The van der Waals surface area contributed by atoms with Crippen molar-refractivity contribution in [2.75, 3.05) is 0 Å². The minimum absolute atomic E-state index is 0.176. The standard InChI is InChI=1S/C13H17NO2/c1-13(2,3)11-7-6-10(9-4-5-9)8-12(11)14(15)16/h6-9H,4-5H2,1-3H3. The minimum atomic E-state index is -0.257. The van der Waals surface area contributed by atoms with Gasteiger partial charge in [0.1, 0.15) is 0 Å². The molecule has 0 unspecified atom stereocenters. The zero-order chi connectivity index (χ0) is 11.9. The van der Waals surface area contributed by atoms with Crippen molar-refractivity contribution in [3.63, 3.8) is 0 Å². The van der Waals surface area contributed by atoms with Gasteiger partial charge in [-0.3, -0.25) is 10.1 Å². The van der Waals surface area contributed by atoms with E-state index in [0.717, 1.165) is 11.1 Å². The minimum Gasteiger partial charge on any atom is -0.258 e. The quantitative estimate of drug-likeness (QED) is 0.561. The van der Waals surface area contributed by atoms with Crippen LogP contribution in [0.2, 0.25) is 0 Å². The summed E-state index contributed by atoms with van der Waals surface area (Å²) in [5, 5.41) is 11.1. The molecule has 1 aromatic carbocycles. The average Bonchev–Trinajstić information content (AvgIpc) is 2.98. The van der Waals surface area contributed by atoms with Gasteiger partial charge in [0.2, 0.25) is 0 Å². The van der Waals surface area contributed by atoms with Gasteiger partial charge in [0.05, 0.1) is 4.92 Å². The van der Waals surface area contributed by atoms with Crippen LogP contribution in [0.5, 0.6) is 0 Å². The highest BCUT2D eigenvalue weighted by atomic mass is 16.6. The number of nitro benzene ring substituents is 1. The van der Waals surface area contributed by atoms with Crippen LogP contribution in [0.4, 0.5) is 5.69 Å². The second kappa shape index (κ2) is 3.58. The van der Waals surface area contributed by atoms with Crippen molar-refractivity contribution >= 4 is 5.69 Å². The summed E-state index contributed by atoms with van der Waals surface area (Å²) in [6, 6.07) is 5.73. The Morgan fingerprint density at radius 2 is 1.94 bits per heavy atom. The average molecular weight is 219 g/mol. The first-order valence-electron chi connectivity index (χ1n) is 5.68. The van der Waals surface area contributed by atoms with Crippen LogP contribution in [0.25, 0.3) is 0 Å². The first kappa shape index (κ1) is 11.1. The third-order valence-corrected chi connectivity index (χ3v) is 3.08. The molecule has 1 aromatic rings. The van der Waals surface area contributed by atoms with Crippen molar-refractivity contribution in [3.05, 3.63) is 39.4 Å². The predicted octanol–water partition coefficient (Wildman–Crippen LogP) is 3.77.